The van der Waals surface area contributed by atoms with E-state index in [0.717, 1.165) is 0 Å². The predicted molar refractivity (Wildman–Crippen MR) is 63.7 cm³/mol. The molecule has 0 aromatic heterocycles. The van der Waals surface area contributed by atoms with Gasteiger partial charge >= 0.3 is 12.1 Å². The molecule has 0 N–H and O–H groups in total. The molecule has 0 fully saturated rings. The maximum Gasteiger partial charge on any atom is 0.417 e. The van der Waals surface area contributed by atoms with Crippen molar-refractivity contribution in [2.45, 2.75) is 13.1 Å². The van der Waals surface area contributed by atoms with E-state index in [1.807, 2.05) is 0 Å². The Kier molecular flexibility index (Phi) is 4.97. The van der Waals surface area contributed by atoms with Gasteiger partial charge < -0.3 is 9.47 Å². The van der Waals surface area contributed by atoms with Crippen LogP contribution in [0, 0.1) is 0 Å². The van der Waals surface area contributed by atoms with Crippen molar-refractivity contribution in [2.24, 2.45) is 0 Å². The van der Waals surface area contributed by atoms with Gasteiger partial charge in [-0.15, -0.1) is 0 Å². The average molecular weight is 274 g/mol. The molecule has 1 aromatic rings. The van der Waals surface area contributed by atoms with Crippen LogP contribution in [0.4, 0.5) is 13.2 Å². The molecule has 1 rings (SSSR count). The Bertz CT molecular complexity index is 478. The van der Waals surface area contributed by atoms with E-state index in [4.69, 9.17) is 4.74 Å². The summed E-state index contributed by atoms with van der Waals surface area (Å²) in [5, 5.41) is 0. The smallest absolute Gasteiger partial charge is 0.417 e. The highest BCUT2D eigenvalue weighted by Gasteiger charge is 2.35. The van der Waals surface area contributed by atoms with Gasteiger partial charge in [-0.25, -0.2) is 4.79 Å². The molecule has 0 aliphatic heterocycles. The van der Waals surface area contributed by atoms with E-state index in [2.05, 4.69) is 4.74 Å². The molecule has 0 aliphatic carbocycles. The number of halogens is 3. The summed E-state index contributed by atoms with van der Waals surface area (Å²) < 4.78 is 48.1. The molecular formula is C13H13F3O3. The summed E-state index contributed by atoms with van der Waals surface area (Å²) in [6.45, 7) is 1.53. The number of carbonyl (C=O) groups is 1. The Morgan fingerprint density at radius 1 is 1.37 bits per heavy atom. The fourth-order valence-corrected chi connectivity index (χ4v) is 1.42. The molecule has 0 spiro atoms. The molecule has 0 amide bonds. The molecule has 0 heterocycles. The second kappa shape index (κ2) is 6.26. The Morgan fingerprint density at radius 2 is 2.05 bits per heavy atom. The molecule has 19 heavy (non-hydrogen) atoms. The van der Waals surface area contributed by atoms with E-state index < -0.39 is 17.7 Å². The van der Waals surface area contributed by atoms with Crippen LogP contribution in [0.3, 0.4) is 0 Å². The zero-order chi connectivity index (χ0) is 14.5. The van der Waals surface area contributed by atoms with Gasteiger partial charge in [0, 0.05) is 6.08 Å². The van der Waals surface area contributed by atoms with Gasteiger partial charge in [-0.3, -0.25) is 0 Å². The van der Waals surface area contributed by atoms with Gasteiger partial charge in [-0.2, -0.15) is 13.2 Å². The van der Waals surface area contributed by atoms with Crippen molar-refractivity contribution in [3.8, 4) is 5.75 Å². The monoisotopic (exact) mass is 274 g/mol. The summed E-state index contributed by atoms with van der Waals surface area (Å²) in [7, 11) is 1.35. The van der Waals surface area contributed by atoms with Crippen molar-refractivity contribution in [1.82, 2.24) is 0 Å². The van der Waals surface area contributed by atoms with Crippen LogP contribution in [0.5, 0.6) is 5.75 Å². The first-order valence-corrected chi connectivity index (χ1v) is 5.48. The molecule has 0 atom stereocenters. The molecule has 0 bridgehead atoms. The maximum absolute atomic E-state index is 12.9. The number of hydrogen-bond donors (Lipinski definition) is 0. The minimum Gasteiger partial charge on any atom is -0.497 e. The summed E-state index contributed by atoms with van der Waals surface area (Å²) in [5.74, 6) is -0.755. The minimum absolute atomic E-state index is 0.0125. The Balaban J connectivity index is 3.21. The molecule has 0 radical (unpaired) electrons. The van der Waals surface area contributed by atoms with E-state index >= 15 is 0 Å². The lowest BCUT2D eigenvalue weighted by Gasteiger charge is -2.12. The van der Waals surface area contributed by atoms with Crippen LogP contribution >= 0.6 is 0 Å². The van der Waals surface area contributed by atoms with Crippen molar-refractivity contribution in [2.75, 3.05) is 13.7 Å². The predicted octanol–water partition coefficient (Wildman–Crippen LogP) is 3.20. The molecule has 1 aromatic carbocycles. The van der Waals surface area contributed by atoms with E-state index in [-0.39, 0.29) is 17.9 Å². The number of methoxy groups -OCH3 is 1. The number of hydrogen-bond acceptors (Lipinski definition) is 3. The van der Waals surface area contributed by atoms with Gasteiger partial charge in [-0.05, 0) is 24.6 Å². The van der Waals surface area contributed by atoms with Gasteiger partial charge in [-0.1, -0.05) is 12.1 Å². The van der Waals surface area contributed by atoms with Crippen molar-refractivity contribution >= 4 is 11.5 Å². The van der Waals surface area contributed by atoms with Crippen LogP contribution in [0.1, 0.15) is 12.5 Å². The number of carbonyl (C=O) groups excluding carboxylic acids is 1. The third-order valence-electron chi connectivity index (χ3n) is 2.23. The Morgan fingerprint density at radius 3 is 2.58 bits per heavy atom. The van der Waals surface area contributed by atoms with Crippen LogP contribution in [0.15, 0.2) is 30.3 Å². The summed E-state index contributed by atoms with van der Waals surface area (Å²) in [5.41, 5.74) is -1.22. The lowest BCUT2D eigenvalue weighted by Crippen LogP contribution is -2.13. The van der Waals surface area contributed by atoms with Gasteiger partial charge in [0.05, 0.1) is 19.3 Å². The fourth-order valence-electron chi connectivity index (χ4n) is 1.42. The van der Waals surface area contributed by atoms with Crippen molar-refractivity contribution < 1.29 is 27.4 Å². The Hall–Kier alpha value is -1.98. The molecular weight excluding hydrogens is 261 g/mol. The van der Waals surface area contributed by atoms with Crippen molar-refractivity contribution in [3.05, 3.63) is 35.9 Å². The highest BCUT2D eigenvalue weighted by Crippen LogP contribution is 2.35. The van der Waals surface area contributed by atoms with E-state index in [0.29, 0.717) is 6.08 Å². The third kappa shape index (κ3) is 4.31. The number of esters is 1. The summed E-state index contributed by atoms with van der Waals surface area (Å²) >= 11 is 0. The van der Waals surface area contributed by atoms with Crippen LogP contribution in [-0.2, 0) is 9.53 Å². The topological polar surface area (TPSA) is 35.5 Å². The average Bonchev–Trinajstić information content (AvgIpc) is 2.35. The minimum atomic E-state index is -4.65. The number of alkyl halides is 3. The van der Waals surface area contributed by atoms with Gasteiger partial charge in [0.1, 0.15) is 5.75 Å². The normalized spacial score (nSPS) is 12.2. The molecule has 6 heteroatoms. The van der Waals surface area contributed by atoms with Crippen LogP contribution in [0.25, 0.3) is 5.57 Å². The fraction of sp³-hybridized carbons (Fsp3) is 0.308. The molecule has 3 nitrogen and oxygen atoms in total. The summed E-state index contributed by atoms with van der Waals surface area (Å²) in [6, 6.07) is 5.39. The highest BCUT2D eigenvalue weighted by atomic mass is 19.4. The number of allylic oxidation sites excluding steroid dienone is 1. The standard InChI is InChI=1S/C13H13F3O3/c1-3-19-12(17)8-11(13(14,15)16)9-5-4-6-10(7-9)18-2/h4-8H,3H2,1-2H3. The highest BCUT2D eigenvalue weighted by molar-refractivity contribution is 5.92. The molecule has 0 saturated carbocycles. The SMILES string of the molecule is CCOC(=O)C=C(c1cccc(OC)c1)C(F)(F)F. The van der Waals surface area contributed by atoms with Crippen LogP contribution < -0.4 is 4.74 Å². The van der Waals surface area contributed by atoms with Gasteiger partial charge in [0.15, 0.2) is 0 Å². The first kappa shape index (κ1) is 15.1. The summed E-state index contributed by atoms with van der Waals surface area (Å²) in [6.07, 6.45) is -4.21. The van der Waals surface area contributed by atoms with E-state index in [1.54, 1.807) is 0 Å². The van der Waals surface area contributed by atoms with Crippen molar-refractivity contribution in [3.63, 3.8) is 0 Å². The van der Waals surface area contributed by atoms with E-state index in [1.165, 1.54) is 38.3 Å². The second-order valence-corrected chi connectivity index (χ2v) is 3.54. The number of benzene rings is 1. The van der Waals surface area contributed by atoms with Crippen LogP contribution in [0.2, 0.25) is 0 Å². The number of rotatable bonds is 4. The molecule has 0 unspecified atom stereocenters. The lowest BCUT2D eigenvalue weighted by molar-refractivity contribution is -0.137. The zero-order valence-electron chi connectivity index (χ0n) is 10.5. The molecule has 104 valence electrons. The van der Waals surface area contributed by atoms with Crippen molar-refractivity contribution in [1.29, 1.82) is 0 Å². The maximum atomic E-state index is 12.9. The zero-order valence-corrected chi connectivity index (χ0v) is 10.5. The molecule has 0 saturated heterocycles. The van der Waals surface area contributed by atoms with Crippen LogP contribution in [-0.4, -0.2) is 25.9 Å². The second-order valence-electron chi connectivity index (χ2n) is 3.54. The Labute approximate surface area is 108 Å². The number of ether oxygens (including phenoxy) is 2. The van der Waals surface area contributed by atoms with Gasteiger partial charge in [0.25, 0.3) is 0 Å². The van der Waals surface area contributed by atoms with E-state index in [9.17, 15) is 18.0 Å². The molecule has 0 aliphatic rings. The first-order valence-electron chi connectivity index (χ1n) is 5.48. The lowest BCUT2D eigenvalue weighted by atomic mass is 10.0. The largest absolute Gasteiger partial charge is 0.497 e. The summed E-state index contributed by atoms with van der Waals surface area (Å²) in [4.78, 5) is 11.2. The third-order valence-corrected chi connectivity index (χ3v) is 2.23. The van der Waals surface area contributed by atoms with Gasteiger partial charge in [0.2, 0.25) is 0 Å². The quantitative estimate of drug-likeness (QED) is 0.624. The first-order chi connectivity index (χ1) is 8.88.